The number of aromatic hydroxyl groups is 2. The van der Waals surface area contributed by atoms with E-state index in [0.717, 1.165) is 18.3 Å². The van der Waals surface area contributed by atoms with Gasteiger partial charge >= 0.3 is 0 Å². The lowest BCUT2D eigenvalue weighted by atomic mass is 10.1. The molecule has 2 rings (SSSR count). The van der Waals surface area contributed by atoms with Crippen LogP contribution in [0.25, 0.3) is 0 Å². The summed E-state index contributed by atoms with van der Waals surface area (Å²) in [5, 5.41) is 22.4. The molecule has 21 heavy (non-hydrogen) atoms. The number of hydrogen-bond acceptors (Lipinski definition) is 4. The maximum atomic E-state index is 13.0. The fourth-order valence-electron chi connectivity index (χ4n) is 1.69. The molecule has 0 aliphatic rings. The summed E-state index contributed by atoms with van der Waals surface area (Å²) in [7, 11) is 0. The molecule has 0 aliphatic heterocycles. The molecule has 108 valence electrons. The lowest BCUT2D eigenvalue weighted by Crippen LogP contribution is -2.19. The van der Waals surface area contributed by atoms with Crippen LogP contribution in [-0.4, -0.2) is 22.3 Å². The van der Waals surface area contributed by atoms with E-state index in [4.69, 9.17) is 0 Å². The number of phenols is 2. The van der Waals surface area contributed by atoms with Gasteiger partial charge in [-0.3, -0.25) is 4.79 Å². The lowest BCUT2D eigenvalue weighted by molar-refractivity contribution is -0.120. The van der Waals surface area contributed by atoms with Gasteiger partial charge in [0, 0.05) is 5.56 Å². The molecular formula is C15H13FN2O3. The highest BCUT2D eigenvalue weighted by atomic mass is 19.1. The molecule has 0 atom stereocenters. The molecule has 3 N–H and O–H groups in total. The Morgan fingerprint density at radius 1 is 1.24 bits per heavy atom. The van der Waals surface area contributed by atoms with E-state index in [0.29, 0.717) is 5.56 Å². The molecule has 0 spiro atoms. The third-order valence-electron chi connectivity index (χ3n) is 2.66. The summed E-state index contributed by atoms with van der Waals surface area (Å²) in [6, 6.07) is 9.72. The van der Waals surface area contributed by atoms with Crippen molar-refractivity contribution < 1.29 is 19.4 Å². The van der Waals surface area contributed by atoms with Gasteiger partial charge < -0.3 is 10.2 Å². The fraction of sp³-hybridized carbons (Fsp3) is 0.0667. The Kier molecular flexibility index (Phi) is 4.50. The topological polar surface area (TPSA) is 81.9 Å². The third kappa shape index (κ3) is 4.31. The molecule has 5 nitrogen and oxygen atoms in total. The highest BCUT2D eigenvalue weighted by molar-refractivity contribution is 5.85. The second-order valence-corrected chi connectivity index (χ2v) is 4.34. The van der Waals surface area contributed by atoms with Crippen LogP contribution in [-0.2, 0) is 11.2 Å². The second kappa shape index (κ2) is 6.51. The Balaban J connectivity index is 1.94. The summed E-state index contributed by atoms with van der Waals surface area (Å²) in [6.45, 7) is 0. The number of rotatable bonds is 4. The van der Waals surface area contributed by atoms with E-state index in [-0.39, 0.29) is 23.5 Å². The number of hydrogen-bond donors (Lipinski definition) is 3. The van der Waals surface area contributed by atoms with Gasteiger partial charge in [-0.2, -0.15) is 5.10 Å². The molecule has 0 bridgehead atoms. The van der Waals surface area contributed by atoms with Crippen LogP contribution in [0.3, 0.4) is 0 Å². The first-order chi connectivity index (χ1) is 10.0. The van der Waals surface area contributed by atoms with Crippen molar-refractivity contribution in [2.75, 3.05) is 0 Å². The van der Waals surface area contributed by atoms with Crippen LogP contribution in [0.1, 0.15) is 11.1 Å². The van der Waals surface area contributed by atoms with Crippen molar-refractivity contribution in [2.24, 2.45) is 5.10 Å². The normalized spacial score (nSPS) is 10.7. The summed E-state index contributed by atoms with van der Waals surface area (Å²) >= 11 is 0. The van der Waals surface area contributed by atoms with Gasteiger partial charge in [0.1, 0.15) is 17.3 Å². The Labute approximate surface area is 120 Å². The van der Waals surface area contributed by atoms with Gasteiger partial charge in [-0.05, 0) is 35.9 Å². The SMILES string of the molecule is O=C(Cc1cccc(O)c1)N/N=C/c1cc(F)ccc1O. The minimum Gasteiger partial charge on any atom is -0.508 e. The molecule has 0 saturated carbocycles. The van der Waals surface area contributed by atoms with Crippen LogP contribution in [0.4, 0.5) is 4.39 Å². The third-order valence-corrected chi connectivity index (χ3v) is 2.66. The summed E-state index contributed by atoms with van der Waals surface area (Å²) in [5.74, 6) is -0.969. The van der Waals surface area contributed by atoms with Crippen molar-refractivity contribution in [3.8, 4) is 11.5 Å². The fourth-order valence-corrected chi connectivity index (χ4v) is 1.69. The molecule has 0 heterocycles. The molecule has 6 heteroatoms. The zero-order valence-electron chi connectivity index (χ0n) is 11.0. The van der Waals surface area contributed by atoms with Crippen LogP contribution >= 0.6 is 0 Å². The average molecular weight is 288 g/mol. The number of carbonyl (C=O) groups excluding carboxylic acids is 1. The summed E-state index contributed by atoms with van der Waals surface area (Å²) in [6.07, 6.45) is 1.19. The minimum absolute atomic E-state index is 0.0425. The number of phenolic OH excluding ortho intramolecular Hbond substituents is 2. The quantitative estimate of drug-likeness (QED) is 0.594. The Morgan fingerprint density at radius 2 is 2.05 bits per heavy atom. The zero-order valence-corrected chi connectivity index (χ0v) is 11.0. The monoisotopic (exact) mass is 288 g/mol. The summed E-state index contributed by atoms with van der Waals surface area (Å²) < 4.78 is 13.0. The molecular weight excluding hydrogens is 275 g/mol. The van der Waals surface area contributed by atoms with Crippen molar-refractivity contribution in [1.82, 2.24) is 5.43 Å². The van der Waals surface area contributed by atoms with Crippen molar-refractivity contribution >= 4 is 12.1 Å². The van der Waals surface area contributed by atoms with Gasteiger partial charge in [0.15, 0.2) is 0 Å². The number of halogens is 1. The molecule has 1 amide bonds. The van der Waals surface area contributed by atoms with Crippen LogP contribution in [0.5, 0.6) is 11.5 Å². The van der Waals surface area contributed by atoms with E-state index in [1.807, 2.05) is 0 Å². The Hall–Kier alpha value is -2.89. The van der Waals surface area contributed by atoms with Gasteiger partial charge in [0.05, 0.1) is 12.6 Å². The van der Waals surface area contributed by atoms with E-state index in [9.17, 15) is 19.4 Å². The molecule has 0 radical (unpaired) electrons. The predicted molar refractivity (Wildman–Crippen MR) is 75.6 cm³/mol. The van der Waals surface area contributed by atoms with Crippen molar-refractivity contribution in [3.05, 3.63) is 59.4 Å². The first-order valence-corrected chi connectivity index (χ1v) is 6.13. The van der Waals surface area contributed by atoms with Gasteiger partial charge in [-0.15, -0.1) is 0 Å². The van der Waals surface area contributed by atoms with E-state index >= 15 is 0 Å². The molecule has 0 fully saturated rings. The van der Waals surface area contributed by atoms with Gasteiger partial charge in [-0.25, -0.2) is 9.82 Å². The van der Waals surface area contributed by atoms with Crippen LogP contribution in [0, 0.1) is 5.82 Å². The molecule has 0 saturated heterocycles. The maximum absolute atomic E-state index is 13.0. The highest BCUT2D eigenvalue weighted by Crippen LogP contribution is 2.15. The van der Waals surface area contributed by atoms with E-state index in [1.54, 1.807) is 12.1 Å². The summed E-state index contributed by atoms with van der Waals surface area (Å²) in [4.78, 5) is 11.6. The average Bonchev–Trinajstić information content (AvgIpc) is 2.42. The van der Waals surface area contributed by atoms with E-state index in [2.05, 4.69) is 10.5 Å². The second-order valence-electron chi connectivity index (χ2n) is 4.34. The lowest BCUT2D eigenvalue weighted by Gasteiger charge is -2.02. The van der Waals surface area contributed by atoms with E-state index in [1.165, 1.54) is 18.2 Å². The number of nitrogens with zero attached hydrogens (tertiary/aromatic N) is 1. The van der Waals surface area contributed by atoms with Crippen molar-refractivity contribution in [3.63, 3.8) is 0 Å². The Bertz CT molecular complexity index is 686. The van der Waals surface area contributed by atoms with E-state index < -0.39 is 11.7 Å². The maximum Gasteiger partial charge on any atom is 0.244 e. The molecule has 2 aromatic carbocycles. The molecule has 2 aromatic rings. The number of benzene rings is 2. The first-order valence-electron chi connectivity index (χ1n) is 6.13. The first kappa shape index (κ1) is 14.5. The van der Waals surface area contributed by atoms with Gasteiger partial charge in [0.2, 0.25) is 5.91 Å². The minimum atomic E-state index is -0.514. The van der Waals surface area contributed by atoms with Crippen LogP contribution in [0.2, 0.25) is 0 Å². The number of amides is 1. The number of hydrazone groups is 1. The smallest absolute Gasteiger partial charge is 0.244 e. The van der Waals surface area contributed by atoms with Gasteiger partial charge in [-0.1, -0.05) is 12.1 Å². The number of nitrogens with one attached hydrogen (secondary N) is 1. The molecule has 0 unspecified atom stereocenters. The summed E-state index contributed by atoms with van der Waals surface area (Å²) in [5.41, 5.74) is 3.06. The largest absolute Gasteiger partial charge is 0.508 e. The van der Waals surface area contributed by atoms with Crippen LogP contribution in [0.15, 0.2) is 47.6 Å². The molecule has 0 aromatic heterocycles. The van der Waals surface area contributed by atoms with Crippen LogP contribution < -0.4 is 5.43 Å². The Morgan fingerprint density at radius 3 is 2.81 bits per heavy atom. The molecule has 0 aliphatic carbocycles. The van der Waals surface area contributed by atoms with Gasteiger partial charge in [0.25, 0.3) is 0 Å². The number of carbonyl (C=O) groups is 1. The standard InChI is InChI=1S/C15H13FN2O3/c16-12-4-5-14(20)11(8-12)9-17-18-15(21)7-10-2-1-3-13(19)6-10/h1-6,8-9,19-20H,7H2,(H,18,21)/b17-9+. The highest BCUT2D eigenvalue weighted by Gasteiger charge is 2.03. The van der Waals surface area contributed by atoms with Crippen molar-refractivity contribution in [2.45, 2.75) is 6.42 Å². The predicted octanol–water partition coefficient (Wildman–Crippen LogP) is 1.93. The zero-order chi connectivity index (χ0) is 15.2. The van der Waals surface area contributed by atoms with Crippen molar-refractivity contribution in [1.29, 1.82) is 0 Å².